The maximum atomic E-state index is 12.2. The van der Waals surface area contributed by atoms with Crippen LogP contribution >= 0.6 is 11.6 Å². The third kappa shape index (κ3) is 2.68. The lowest BCUT2D eigenvalue weighted by Gasteiger charge is -2.11. The van der Waals surface area contributed by atoms with Gasteiger partial charge in [0, 0.05) is 5.39 Å². The topological polar surface area (TPSA) is 65.3 Å². The van der Waals surface area contributed by atoms with Crippen molar-refractivity contribution in [2.24, 2.45) is 0 Å². The van der Waals surface area contributed by atoms with Gasteiger partial charge in [-0.2, -0.15) is 0 Å². The number of ether oxygens (including phenoxy) is 1. The number of aromatic nitrogens is 1. The molecule has 9 heteroatoms. The Balaban J connectivity index is 2.65. The Labute approximate surface area is 108 Å². The molecule has 0 aliphatic rings. The van der Waals surface area contributed by atoms with Crippen LogP contribution in [0.15, 0.2) is 24.4 Å². The highest BCUT2D eigenvalue weighted by Gasteiger charge is 2.32. The fourth-order valence-corrected chi connectivity index (χ4v) is 1.76. The summed E-state index contributed by atoms with van der Waals surface area (Å²) >= 11 is 5.76. The molecule has 0 fully saturated rings. The lowest BCUT2D eigenvalue weighted by molar-refractivity contribution is -0.384. The Morgan fingerprint density at radius 1 is 1.37 bits per heavy atom. The van der Waals surface area contributed by atoms with Gasteiger partial charge in [0.1, 0.15) is 16.7 Å². The summed E-state index contributed by atoms with van der Waals surface area (Å²) in [5.74, 6) is -0.568. The van der Waals surface area contributed by atoms with Crippen molar-refractivity contribution < 1.29 is 22.8 Å². The average Bonchev–Trinajstić information content (AvgIpc) is 2.28. The summed E-state index contributed by atoms with van der Waals surface area (Å²) in [6.07, 6.45) is -4.10. The molecule has 0 spiro atoms. The first-order valence-electron chi connectivity index (χ1n) is 4.77. The molecular formula is C10H4ClF3N2O3. The van der Waals surface area contributed by atoms with E-state index in [9.17, 15) is 23.3 Å². The second kappa shape index (κ2) is 4.54. The number of benzene rings is 1. The predicted molar refractivity (Wildman–Crippen MR) is 60.1 cm³/mol. The highest BCUT2D eigenvalue weighted by Crippen LogP contribution is 2.36. The van der Waals surface area contributed by atoms with E-state index in [1.165, 1.54) is 12.1 Å². The molecule has 0 atom stereocenters. The van der Waals surface area contributed by atoms with Crippen LogP contribution in [0, 0.1) is 10.1 Å². The smallest absolute Gasteiger partial charge is 0.403 e. The lowest BCUT2D eigenvalue weighted by Crippen LogP contribution is -2.17. The van der Waals surface area contributed by atoms with Gasteiger partial charge in [-0.1, -0.05) is 23.7 Å². The molecule has 0 saturated carbocycles. The molecule has 0 saturated heterocycles. The first kappa shape index (κ1) is 13.3. The molecule has 100 valence electrons. The Hall–Kier alpha value is -2.09. The van der Waals surface area contributed by atoms with E-state index in [2.05, 4.69) is 9.72 Å². The van der Waals surface area contributed by atoms with E-state index in [1.54, 1.807) is 0 Å². The summed E-state index contributed by atoms with van der Waals surface area (Å²) in [5, 5.41) is 10.4. The maximum absolute atomic E-state index is 12.2. The summed E-state index contributed by atoms with van der Waals surface area (Å²) in [6.45, 7) is 0. The van der Waals surface area contributed by atoms with Gasteiger partial charge in [-0.3, -0.25) is 10.1 Å². The van der Waals surface area contributed by atoms with Crippen LogP contribution < -0.4 is 4.74 Å². The highest BCUT2D eigenvalue weighted by atomic mass is 35.5. The molecule has 2 aromatic rings. The number of nitrogens with zero attached hydrogens (tertiary/aromatic N) is 2. The van der Waals surface area contributed by atoms with E-state index < -0.39 is 22.7 Å². The minimum absolute atomic E-state index is 0.0117. The molecule has 1 aromatic heterocycles. The summed E-state index contributed by atoms with van der Waals surface area (Å²) in [4.78, 5) is 13.5. The zero-order valence-electron chi connectivity index (χ0n) is 8.94. The van der Waals surface area contributed by atoms with Crippen LogP contribution in [0.3, 0.4) is 0 Å². The fourth-order valence-electron chi connectivity index (χ4n) is 1.49. The van der Waals surface area contributed by atoms with E-state index in [4.69, 9.17) is 11.6 Å². The number of alkyl halides is 3. The molecule has 0 radical (unpaired) electrons. The quantitative estimate of drug-likeness (QED) is 0.625. The molecule has 1 aromatic carbocycles. The second-order valence-electron chi connectivity index (χ2n) is 3.41. The summed E-state index contributed by atoms with van der Waals surface area (Å²) in [5.41, 5.74) is -0.686. The number of rotatable bonds is 2. The van der Waals surface area contributed by atoms with Gasteiger partial charge >= 0.3 is 12.0 Å². The van der Waals surface area contributed by atoms with Gasteiger partial charge in [0.15, 0.2) is 5.75 Å². The van der Waals surface area contributed by atoms with E-state index >= 15 is 0 Å². The van der Waals surface area contributed by atoms with E-state index in [-0.39, 0.29) is 15.9 Å². The van der Waals surface area contributed by atoms with Crippen molar-refractivity contribution in [2.45, 2.75) is 6.36 Å². The van der Waals surface area contributed by atoms with Gasteiger partial charge in [0.05, 0.1) is 4.92 Å². The number of fused-ring (bicyclic) bond motifs is 1. The minimum Gasteiger partial charge on any atom is -0.403 e. The minimum atomic E-state index is -4.88. The van der Waals surface area contributed by atoms with Crippen molar-refractivity contribution in [2.75, 3.05) is 0 Å². The van der Waals surface area contributed by atoms with Gasteiger partial charge < -0.3 is 4.74 Å². The third-order valence-electron chi connectivity index (χ3n) is 2.20. The SMILES string of the molecule is O=[N+]([O-])c1cnc2c(OC(F)(F)F)cccc2c1Cl. The molecule has 0 unspecified atom stereocenters. The summed E-state index contributed by atoms with van der Waals surface area (Å²) < 4.78 is 40.3. The molecule has 5 nitrogen and oxygen atoms in total. The molecule has 19 heavy (non-hydrogen) atoms. The van der Waals surface area contributed by atoms with Crippen LogP contribution in [-0.2, 0) is 0 Å². The van der Waals surface area contributed by atoms with Crippen molar-refractivity contribution in [1.82, 2.24) is 4.98 Å². The van der Waals surface area contributed by atoms with E-state index in [0.29, 0.717) is 0 Å². The molecule has 1 heterocycles. The predicted octanol–water partition coefficient (Wildman–Crippen LogP) is 3.70. The van der Waals surface area contributed by atoms with Crippen LogP contribution in [0.25, 0.3) is 10.9 Å². The van der Waals surface area contributed by atoms with Crippen LogP contribution in [0.1, 0.15) is 0 Å². The lowest BCUT2D eigenvalue weighted by atomic mass is 10.2. The maximum Gasteiger partial charge on any atom is 0.573 e. The van der Waals surface area contributed by atoms with Crippen LogP contribution in [0.5, 0.6) is 5.75 Å². The molecule has 2 rings (SSSR count). The zero-order chi connectivity index (χ0) is 14.2. The van der Waals surface area contributed by atoms with Gasteiger partial charge in [0.2, 0.25) is 0 Å². The Morgan fingerprint density at radius 2 is 2.05 bits per heavy atom. The van der Waals surface area contributed by atoms with E-state index in [0.717, 1.165) is 12.3 Å². The van der Waals surface area contributed by atoms with Gasteiger partial charge in [-0.15, -0.1) is 13.2 Å². The Bertz CT molecular complexity index is 660. The Morgan fingerprint density at radius 3 is 2.63 bits per heavy atom. The van der Waals surface area contributed by atoms with Crippen molar-refractivity contribution in [1.29, 1.82) is 0 Å². The first-order chi connectivity index (χ1) is 8.79. The third-order valence-corrected chi connectivity index (χ3v) is 2.60. The monoisotopic (exact) mass is 292 g/mol. The van der Waals surface area contributed by atoms with Crippen LogP contribution in [0.2, 0.25) is 5.02 Å². The van der Waals surface area contributed by atoms with Gasteiger partial charge in [-0.05, 0) is 6.07 Å². The fraction of sp³-hybridized carbons (Fsp3) is 0.100. The standard InChI is InChI=1S/C10H4ClF3N2O3/c11-8-5-2-1-3-7(19-10(12,13)14)9(5)15-4-6(8)16(17)18/h1-4H. The normalized spacial score (nSPS) is 11.6. The first-order valence-corrected chi connectivity index (χ1v) is 5.15. The number of halogens is 4. The largest absolute Gasteiger partial charge is 0.573 e. The number of nitro groups is 1. The van der Waals surface area contributed by atoms with Crippen LogP contribution in [-0.4, -0.2) is 16.3 Å². The highest BCUT2D eigenvalue weighted by molar-refractivity contribution is 6.37. The molecule has 0 bridgehead atoms. The Kier molecular flexibility index (Phi) is 3.19. The molecule has 0 aliphatic heterocycles. The van der Waals surface area contributed by atoms with Gasteiger partial charge in [-0.25, -0.2) is 4.98 Å². The molecule has 0 aliphatic carbocycles. The number of pyridine rings is 1. The molecule has 0 N–H and O–H groups in total. The van der Waals surface area contributed by atoms with Crippen molar-refractivity contribution in [3.8, 4) is 5.75 Å². The molecular weight excluding hydrogens is 289 g/mol. The van der Waals surface area contributed by atoms with Crippen molar-refractivity contribution in [3.63, 3.8) is 0 Å². The second-order valence-corrected chi connectivity index (χ2v) is 3.79. The summed E-state index contributed by atoms with van der Waals surface area (Å²) in [7, 11) is 0. The average molecular weight is 293 g/mol. The molecule has 0 amide bonds. The van der Waals surface area contributed by atoms with Gasteiger partial charge in [0.25, 0.3) is 0 Å². The number of hydrogen-bond acceptors (Lipinski definition) is 4. The van der Waals surface area contributed by atoms with Crippen molar-refractivity contribution in [3.05, 3.63) is 39.5 Å². The van der Waals surface area contributed by atoms with Crippen molar-refractivity contribution >= 4 is 28.2 Å². The van der Waals surface area contributed by atoms with Crippen LogP contribution in [0.4, 0.5) is 18.9 Å². The van der Waals surface area contributed by atoms with E-state index in [1.807, 2.05) is 0 Å². The summed E-state index contributed by atoms with van der Waals surface area (Å²) in [6, 6.07) is 3.60. The number of para-hydroxylation sites is 1. The zero-order valence-corrected chi connectivity index (χ0v) is 9.70. The number of hydrogen-bond donors (Lipinski definition) is 0.